The van der Waals surface area contributed by atoms with Crippen LogP contribution in [0.5, 0.6) is 0 Å². The van der Waals surface area contributed by atoms with Crippen molar-refractivity contribution in [3.05, 3.63) is 6.42 Å². The van der Waals surface area contributed by atoms with Crippen LogP contribution in [0.4, 0.5) is 0 Å². The molecule has 86 valence electrons. The van der Waals surface area contributed by atoms with Crippen LogP contribution in [0, 0.1) is 6.42 Å². The monoisotopic (exact) mass is 220 g/mol. The third-order valence-corrected chi connectivity index (χ3v) is 2.77. The molecule has 0 nitrogen and oxygen atoms in total. The summed E-state index contributed by atoms with van der Waals surface area (Å²) in [5.74, 6) is 0. The van der Waals surface area contributed by atoms with Gasteiger partial charge in [0.25, 0.3) is 0 Å². The molecular weight excluding hydrogens is 191 g/mol. The molecule has 0 atom stereocenters. The molecule has 0 aromatic heterocycles. The molecule has 0 saturated carbocycles. The van der Waals surface area contributed by atoms with Crippen LogP contribution in [0.25, 0.3) is 0 Å². The summed E-state index contributed by atoms with van der Waals surface area (Å²) in [6, 6.07) is 0. The van der Waals surface area contributed by atoms with E-state index in [9.17, 15) is 0 Å². The predicted octanol–water partition coefficient (Wildman–Crippen LogP) is 2.53. The Balaban J connectivity index is 0. The summed E-state index contributed by atoms with van der Waals surface area (Å²) in [5, 5.41) is 0. The van der Waals surface area contributed by atoms with Crippen molar-refractivity contribution in [1.29, 1.82) is 0 Å². The fourth-order valence-corrected chi connectivity index (χ4v) is 1.74. The van der Waals surface area contributed by atoms with E-state index in [4.69, 9.17) is 0 Å². The van der Waals surface area contributed by atoms with E-state index in [0.717, 1.165) is 0 Å². The Morgan fingerprint density at radius 1 is 0.600 bits per heavy atom. The van der Waals surface area contributed by atoms with E-state index in [1.807, 2.05) is 0 Å². The van der Waals surface area contributed by atoms with Crippen molar-refractivity contribution in [1.82, 2.24) is 0 Å². The second-order valence-corrected chi connectivity index (χ2v) is 4.34. The molecule has 1 heteroatoms. The Morgan fingerprint density at radius 2 is 1.07 bits per heavy atom. The Hall–Kier alpha value is 1.00. The molecule has 0 fully saturated rings. The van der Waals surface area contributed by atoms with Gasteiger partial charge in [0.05, 0.1) is 0 Å². The second kappa shape index (κ2) is 17.4. The molecule has 0 unspecified atom stereocenters. The van der Waals surface area contributed by atoms with Gasteiger partial charge in [-0.15, -0.1) is 0 Å². The zero-order valence-electron chi connectivity index (χ0n) is 11.4. The van der Waals surface area contributed by atoms with Crippen LogP contribution in [0.15, 0.2) is 0 Å². The van der Waals surface area contributed by atoms with Gasteiger partial charge < -0.3 is 6.42 Å². The van der Waals surface area contributed by atoms with Gasteiger partial charge in [0.15, 0.2) is 0 Å². The van der Waals surface area contributed by atoms with Crippen LogP contribution < -0.4 is 29.6 Å². The van der Waals surface area contributed by atoms with Gasteiger partial charge in [-0.05, 0) is 0 Å². The van der Waals surface area contributed by atoms with Crippen molar-refractivity contribution in [3.8, 4) is 0 Å². The molecule has 0 aliphatic heterocycles. The van der Waals surface area contributed by atoms with Crippen LogP contribution in [0.2, 0.25) is 0 Å². The van der Waals surface area contributed by atoms with Crippen molar-refractivity contribution >= 4 is 0 Å². The fraction of sp³-hybridized carbons (Fsp3) is 0.929. The van der Waals surface area contributed by atoms with Crippen molar-refractivity contribution in [2.45, 2.75) is 84.5 Å². The molecule has 15 heavy (non-hydrogen) atoms. The van der Waals surface area contributed by atoms with E-state index in [2.05, 4.69) is 20.3 Å². The Bertz CT molecular complexity index is 79.3. The summed E-state index contributed by atoms with van der Waals surface area (Å²) in [7, 11) is 0. The molecule has 0 heterocycles. The molecular formula is C14H29Na. The smallest absolute Gasteiger partial charge is 0.328 e. The first-order valence-electron chi connectivity index (χ1n) is 6.73. The van der Waals surface area contributed by atoms with E-state index in [1.54, 1.807) is 0 Å². The second-order valence-electron chi connectivity index (χ2n) is 4.34. The van der Waals surface area contributed by atoms with Gasteiger partial charge in [0.2, 0.25) is 0 Å². The van der Waals surface area contributed by atoms with Crippen LogP contribution in [-0.4, -0.2) is 0 Å². The maximum atomic E-state index is 2.48. The van der Waals surface area contributed by atoms with E-state index in [1.165, 1.54) is 70.6 Å². The van der Waals surface area contributed by atoms with Gasteiger partial charge in [0.1, 0.15) is 0 Å². The summed E-state index contributed by atoms with van der Waals surface area (Å²) in [6.07, 6.45) is 18.0. The molecule has 0 N–H and O–H groups in total. The minimum atomic E-state index is 0. The summed E-state index contributed by atoms with van der Waals surface area (Å²) in [4.78, 5) is 0. The summed E-state index contributed by atoms with van der Waals surface area (Å²) < 4.78 is 0. The van der Waals surface area contributed by atoms with Crippen LogP contribution in [0.1, 0.15) is 84.5 Å². The van der Waals surface area contributed by atoms with Crippen LogP contribution in [-0.2, 0) is 0 Å². The van der Waals surface area contributed by atoms with Gasteiger partial charge in [-0.25, -0.2) is 0 Å². The van der Waals surface area contributed by atoms with Crippen LogP contribution in [0.3, 0.4) is 0 Å². The predicted molar refractivity (Wildman–Crippen MR) is 66.4 cm³/mol. The molecule has 0 rings (SSSR count). The molecule has 0 aromatic rings. The molecule has 0 spiro atoms. The molecule has 0 aliphatic carbocycles. The first-order valence-corrected chi connectivity index (χ1v) is 6.73. The van der Waals surface area contributed by atoms with Crippen molar-refractivity contribution in [2.75, 3.05) is 0 Å². The van der Waals surface area contributed by atoms with Gasteiger partial charge in [0, 0.05) is 0 Å². The van der Waals surface area contributed by atoms with Crippen molar-refractivity contribution in [3.63, 3.8) is 0 Å². The molecule has 0 bridgehead atoms. The maximum Gasteiger partial charge on any atom is 1.00 e. The zero-order chi connectivity index (χ0) is 10.5. The zero-order valence-corrected chi connectivity index (χ0v) is 13.4. The summed E-state index contributed by atoms with van der Waals surface area (Å²) >= 11 is 0. The molecule has 0 aliphatic rings. The van der Waals surface area contributed by atoms with Crippen molar-refractivity contribution in [2.24, 2.45) is 0 Å². The Labute approximate surface area is 120 Å². The Kier molecular flexibility index (Phi) is 21.3. The standard InChI is InChI=1S/C14H29.Na/c1-3-5-7-9-11-13-14-12-10-8-6-4-2;/h9H,3-8,10-14H2,1-2H3;/q-1;+1. The summed E-state index contributed by atoms with van der Waals surface area (Å²) in [5.41, 5.74) is 0. The average Bonchev–Trinajstić information content (AvgIpc) is 2.21. The SMILES string of the molecule is CCCC[CH-]CCCCCCCCC.[Na+]. The molecule has 0 aromatic carbocycles. The minimum absolute atomic E-state index is 0. The maximum absolute atomic E-state index is 2.48. The molecule has 0 amide bonds. The quantitative estimate of drug-likeness (QED) is 0.285. The first kappa shape index (κ1) is 18.4. The van der Waals surface area contributed by atoms with E-state index in [0.29, 0.717) is 0 Å². The number of hydrogen-bond donors (Lipinski definition) is 0. The average molecular weight is 220 g/mol. The normalized spacial score (nSPS) is 10.0. The van der Waals surface area contributed by atoms with Gasteiger partial charge in [-0.2, -0.15) is 12.8 Å². The van der Waals surface area contributed by atoms with Crippen LogP contribution >= 0.6 is 0 Å². The van der Waals surface area contributed by atoms with Gasteiger partial charge in [-0.3, -0.25) is 0 Å². The molecule has 0 radical (unpaired) electrons. The number of hydrogen-bond acceptors (Lipinski definition) is 0. The van der Waals surface area contributed by atoms with Crippen molar-refractivity contribution < 1.29 is 29.6 Å². The van der Waals surface area contributed by atoms with Gasteiger partial charge in [-0.1, -0.05) is 71.6 Å². The topological polar surface area (TPSA) is 0 Å². The minimum Gasteiger partial charge on any atom is -0.328 e. The summed E-state index contributed by atoms with van der Waals surface area (Å²) in [6.45, 7) is 4.55. The Morgan fingerprint density at radius 3 is 1.67 bits per heavy atom. The number of unbranched alkanes of at least 4 members (excludes halogenated alkanes) is 11. The largest absolute Gasteiger partial charge is 1.00 e. The van der Waals surface area contributed by atoms with Gasteiger partial charge >= 0.3 is 29.6 Å². The van der Waals surface area contributed by atoms with E-state index < -0.39 is 0 Å². The third-order valence-electron chi connectivity index (χ3n) is 2.77. The third kappa shape index (κ3) is 17.6. The first-order chi connectivity index (χ1) is 6.91. The fourth-order valence-electron chi connectivity index (χ4n) is 1.74. The van der Waals surface area contributed by atoms with E-state index in [-0.39, 0.29) is 29.6 Å². The van der Waals surface area contributed by atoms with E-state index >= 15 is 0 Å². The molecule has 0 saturated heterocycles. The number of rotatable bonds is 11.